The summed E-state index contributed by atoms with van der Waals surface area (Å²) in [7, 11) is 1.59. The van der Waals surface area contributed by atoms with Crippen molar-refractivity contribution in [1.29, 1.82) is 0 Å². The van der Waals surface area contributed by atoms with Crippen LogP contribution in [-0.2, 0) is 0 Å². The van der Waals surface area contributed by atoms with E-state index in [4.69, 9.17) is 4.74 Å². The molecule has 1 unspecified atom stereocenters. The number of phenolic OH excluding ortho intramolecular Hbond substituents is 1. The third-order valence-corrected chi connectivity index (χ3v) is 3.78. The van der Waals surface area contributed by atoms with Crippen LogP contribution in [0, 0.1) is 6.92 Å². The van der Waals surface area contributed by atoms with Gasteiger partial charge in [-0.05, 0) is 32.4 Å². The summed E-state index contributed by atoms with van der Waals surface area (Å²) in [4.78, 5) is 0. The molecule has 0 aliphatic rings. The molecule has 21 heavy (non-hydrogen) atoms. The topological polar surface area (TPSA) is 41.5 Å². The van der Waals surface area contributed by atoms with Gasteiger partial charge >= 0.3 is 0 Å². The summed E-state index contributed by atoms with van der Waals surface area (Å²) in [6.45, 7) is 6.26. The van der Waals surface area contributed by atoms with E-state index in [-0.39, 0.29) is 17.8 Å². The van der Waals surface area contributed by atoms with Crippen LogP contribution in [0.15, 0.2) is 42.5 Å². The van der Waals surface area contributed by atoms with Crippen LogP contribution in [0.3, 0.4) is 0 Å². The zero-order chi connectivity index (χ0) is 15.4. The number of hydrogen-bond acceptors (Lipinski definition) is 3. The number of nitrogens with one attached hydrogen (secondary N) is 1. The van der Waals surface area contributed by atoms with Crippen LogP contribution in [0.5, 0.6) is 11.5 Å². The van der Waals surface area contributed by atoms with E-state index in [0.717, 1.165) is 5.56 Å². The van der Waals surface area contributed by atoms with Crippen molar-refractivity contribution < 1.29 is 9.84 Å². The number of rotatable bonds is 5. The number of methoxy groups -OCH3 is 1. The Bertz CT molecular complexity index is 593. The number of phenols is 1. The summed E-state index contributed by atoms with van der Waals surface area (Å²) in [5, 5.41) is 13.6. The Balaban J connectivity index is 2.10. The Morgan fingerprint density at radius 3 is 2.24 bits per heavy atom. The molecule has 0 bridgehead atoms. The predicted octanol–water partition coefficient (Wildman–Crippen LogP) is 4.12. The maximum absolute atomic E-state index is 10.1. The van der Waals surface area contributed by atoms with Crippen LogP contribution < -0.4 is 10.1 Å². The van der Waals surface area contributed by atoms with Crippen molar-refractivity contribution in [2.45, 2.75) is 32.9 Å². The Morgan fingerprint density at radius 1 is 1.00 bits per heavy atom. The minimum Gasteiger partial charge on any atom is -0.507 e. The van der Waals surface area contributed by atoms with E-state index in [0.29, 0.717) is 5.75 Å². The third kappa shape index (κ3) is 3.76. The Hall–Kier alpha value is -2.00. The second kappa shape index (κ2) is 6.64. The summed E-state index contributed by atoms with van der Waals surface area (Å²) < 4.78 is 5.11. The van der Waals surface area contributed by atoms with Crippen LogP contribution >= 0.6 is 0 Å². The standard InChI is InChI=1S/C18H23NO2/c1-12-5-7-15(8-6-12)13(2)19-14(3)17-10-9-16(21-4)11-18(17)20/h5-11,13-14,19-20H,1-4H3/t13-,14?/m0/s1. The van der Waals surface area contributed by atoms with Gasteiger partial charge in [-0.15, -0.1) is 0 Å². The van der Waals surface area contributed by atoms with Crippen molar-refractivity contribution in [2.75, 3.05) is 7.11 Å². The number of aryl methyl sites for hydroxylation is 1. The molecule has 2 N–H and O–H groups in total. The Kier molecular flexibility index (Phi) is 4.86. The molecule has 0 saturated heterocycles. The minimum atomic E-state index is 0.0483. The summed E-state index contributed by atoms with van der Waals surface area (Å²) in [6.07, 6.45) is 0. The molecule has 0 spiro atoms. The number of hydrogen-bond donors (Lipinski definition) is 2. The fourth-order valence-electron chi connectivity index (χ4n) is 2.43. The van der Waals surface area contributed by atoms with Crippen molar-refractivity contribution in [3.63, 3.8) is 0 Å². The van der Waals surface area contributed by atoms with Gasteiger partial charge in [0.05, 0.1) is 7.11 Å². The van der Waals surface area contributed by atoms with Crippen molar-refractivity contribution in [1.82, 2.24) is 5.32 Å². The first kappa shape index (κ1) is 15.4. The van der Waals surface area contributed by atoms with Gasteiger partial charge in [-0.2, -0.15) is 0 Å². The zero-order valence-electron chi connectivity index (χ0n) is 13.1. The lowest BCUT2D eigenvalue weighted by atomic mass is 10.0. The Labute approximate surface area is 126 Å². The van der Waals surface area contributed by atoms with Crippen LogP contribution in [0.4, 0.5) is 0 Å². The lowest BCUT2D eigenvalue weighted by Gasteiger charge is -2.22. The summed E-state index contributed by atoms with van der Waals surface area (Å²) >= 11 is 0. The second-order valence-electron chi connectivity index (χ2n) is 5.45. The van der Waals surface area contributed by atoms with Gasteiger partial charge in [-0.1, -0.05) is 35.9 Å². The SMILES string of the molecule is COc1ccc(C(C)N[C@@H](C)c2ccc(C)cc2)c(O)c1. The lowest BCUT2D eigenvalue weighted by molar-refractivity contribution is 0.402. The first-order chi connectivity index (χ1) is 10.0. The van der Waals surface area contributed by atoms with Crippen LogP contribution in [0.1, 0.15) is 42.6 Å². The quantitative estimate of drug-likeness (QED) is 0.868. The average molecular weight is 285 g/mol. The van der Waals surface area contributed by atoms with E-state index in [9.17, 15) is 5.11 Å². The number of ether oxygens (including phenoxy) is 1. The van der Waals surface area contributed by atoms with Gasteiger partial charge in [-0.25, -0.2) is 0 Å². The smallest absolute Gasteiger partial charge is 0.124 e. The van der Waals surface area contributed by atoms with Crippen molar-refractivity contribution in [3.05, 3.63) is 59.2 Å². The zero-order valence-corrected chi connectivity index (χ0v) is 13.1. The monoisotopic (exact) mass is 285 g/mol. The van der Waals surface area contributed by atoms with E-state index >= 15 is 0 Å². The van der Waals surface area contributed by atoms with E-state index in [1.54, 1.807) is 13.2 Å². The molecule has 0 aliphatic carbocycles. The van der Waals surface area contributed by atoms with E-state index in [1.807, 2.05) is 19.1 Å². The summed E-state index contributed by atoms with van der Waals surface area (Å²) in [5.74, 6) is 0.917. The first-order valence-corrected chi connectivity index (χ1v) is 7.20. The van der Waals surface area contributed by atoms with E-state index < -0.39 is 0 Å². The minimum absolute atomic E-state index is 0.0483. The van der Waals surface area contributed by atoms with Crippen LogP contribution in [0.25, 0.3) is 0 Å². The van der Waals surface area contributed by atoms with Crippen LogP contribution in [-0.4, -0.2) is 12.2 Å². The highest BCUT2D eigenvalue weighted by atomic mass is 16.5. The molecule has 0 radical (unpaired) electrons. The van der Waals surface area contributed by atoms with Gasteiger partial charge in [-0.3, -0.25) is 0 Å². The lowest BCUT2D eigenvalue weighted by Crippen LogP contribution is -2.22. The molecule has 112 valence electrons. The normalized spacial score (nSPS) is 13.7. The molecule has 3 nitrogen and oxygen atoms in total. The van der Waals surface area contributed by atoms with Gasteiger partial charge in [0.15, 0.2) is 0 Å². The molecule has 0 fully saturated rings. The largest absolute Gasteiger partial charge is 0.507 e. The molecule has 2 rings (SSSR count). The first-order valence-electron chi connectivity index (χ1n) is 7.20. The van der Waals surface area contributed by atoms with Gasteiger partial charge < -0.3 is 15.2 Å². The van der Waals surface area contributed by atoms with Crippen molar-refractivity contribution in [2.24, 2.45) is 0 Å². The van der Waals surface area contributed by atoms with Crippen molar-refractivity contribution >= 4 is 0 Å². The average Bonchev–Trinajstić information content (AvgIpc) is 2.47. The van der Waals surface area contributed by atoms with Gasteiger partial charge in [0.1, 0.15) is 11.5 Å². The Morgan fingerprint density at radius 2 is 1.67 bits per heavy atom. The van der Waals surface area contributed by atoms with E-state index in [2.05, 4.69) is 43.4 Å². The predicted molar refractivity (Wildman–Crippen MR) is 85.8 cm³/mol. The molecule has 0 amide bonds. The molecular formula is C18H23NO2. The summed E-state index contributed by atoms with van der Waals surface area (Å²) in [6, 6.07) is 14.2. The highest BCUT2D eigenvalue weighted by molar-refractivity contribution is 5.41. The molecule has 2 atom stereocenters. The number of benzene rings is 2. The highest BCUT2D eigenvalue weighted by Crippen LogP contribution is 2.29. The molecule has 0 aliphatic heterocycles. The van der Waals surface area contributed by atoms with Crippen LogP contribution in [0.2, 0.25) is 0 Å². The molecule has 0 aromatic heterocycles. The fraction of sp³-hybridized carbons (Fsp3) is 0.333. The molecule has 0 heterocycles. The molecule has 3 heteroatoms. The maximum Gasteiger partial charge on any atom is 0.124 e. The van der Waals surface area contributed by atoms with Gasteiger partial charge in [0, 0.05) is 23.7 Å². The van der Waals surface area contributed by atoms with E-state index in [1.165, 1.54) is 11.1 Å². The second-order valence-corrected chi connectivity index (χ2v) is 5.45. The molecule has 2 aromatic rings. The maximum atomic E-state index is 10.1. The number of aromatic hydroxyl groups is 1. The van der Waals surface area contributed by atoms with Gasteiger partial charge in [0.25, 0.3) is 0 Å². The summed E-state index contributed by atoms with van der Waals surface area (Å²) in [5.41, 5.74) is 3.36. The molecule has 2 aromatic carbocycles. The van der Waals surface area contributed by atoms with Gasteiger partial charge in [0.2, 0.25) is 0 Å². The van der Waals surface area contributed by atoms with Crippen molar-refractivity contribution in [3.8, 4) is 11.5 Å². The molecular weight excluding hydrogens is 262 g/mol. The third-order valence-electron chi connectivity index (χ3n) is 3.78. The molecule has 0 saturated carbocycles. The highest BCUT2D eigenvalue weighted by Gasteiger charge is 2.14. The fourth-order valence-corrected chi connectivity index (χ4v) is 2.43.